The maximum Gasteiger partial charge on any atom is 0.150 e. The first-order valence-electron chi connectivity index (χ1n) is 12.3. The molecule has 1 atom stereocenters. The summed E-state index contributed by atoms with van der Waals surface area (Å²) < 4.78 is 0. The Morgan fingerprint density at radius 3 is 2.26 bits per heavy atom. The Morgan fingerprint density at radius 1 is 0.912 bits per heavy atom. The van der Waals surface area contributed by atoms with E-state index in [0.717, 1.165) is 46.2 Å². The molecule has 0 saturated carbocycles. The number of aliphatic hydroxyl groups excluding tert-OH is 1. The molecule has 0 radical (unpaired) electrons. The molecule has 5 rings (SSSR count). The predicted octanol–water partition coefficient (Wildman–Crippen LogP) is 6.47. The number of aryl methyl sites for hydroxylation is 2. The molecule has 1 aliphatic heterocycles. The highest BCUT2D eigenvalue weighted by atomic mass is 16.3. The van der Waals surface area contributed by atoms with Gasteiger partial charge in [0.15, 0.2) is 6.23 Å². The van der Waals surface area contributed by atoms with E-state index in [1.165, 1.54) is 42.6 Å². The minimum Gasteiger partial charge on any atom is -0.369 e. The van der Waals surface area contributed by atoms with Crippen molar-refractivity contribution in [1.82, 2.24) is 9.88 Å². The van der Waals surface area contributed by atoms with E-state index in [0.29, 0.717) is 0 Å². The Hall–Kier alpha value is -3.21. The molecular formula is C30H33N3O. The second-order valence-corrected chi connectivity index (χ2v) is 9.41. The molecule has 0 amide bonds. The van der Waals surface area contributed by atoms with Crippen LogP contribution in [0, 0.1) is 6.92 Å². The number of fused-ring (bicyclic) bond motifs is 1. The molecule has 1 saturated heterocycles. The average Bonchev–Trinajstić information content (AvgIpc) is 3.38. The fourth-order valence-electron chi connectivity index (χ4n) is 4.80. The minimum absolute atomic E-state index is 0.790. The lowest BCUT2D eigenvalue weighted by Crippen LogP contribution is -2.18. The van der Waals surface area contributed by atoms with E-state index in [-0.39, 0.29) is 0 Å². The number of nitrogens with one attached hydrogen (secondary N) is 1. The first-order valence-corrected chi connectivity index (χ1v) is 12.3. The van der Waals surface area contributed by atoms with Crippen LogP contribution in [0.15, 0.2) is 72.9 Å². The van der Waals surface area contributed by atoms with E-state index < -0.39 is 6.23 Å². The van der Waals surface area contributed by atoms with Gasteiger partial charge >= 0.3 is 0 Å². The van der Waals surface area contributed by atoms with Gasteiger partial charge in [0.1, 0.15) is 0 Å². The summed E-state index contributed by atoms with van der Waals surface area (Å²) in [5.41, 5.74) is 8.71. The average molecular weight is 452 g/mol. The number of hydrogen-bond acceptors (Lipinski definition) is 4. The third-order valence-electron chi connectivity index (χ3n) is 6.90. The Bertz CT molecular complexity index is 1260. The summed E-state index contributed by atoms with van der Waals surface area (Å²) >= 11 is 0. The summed E-state index contributed by atoms with van der Waals surface area (Å²) in [5, 5.41) is 15.3. The standard InChI is InChI=1S/C30H33N3O/c1-3-22-6-8-24(9-7-22)25-10-12-26(13-11-25)30(34)32-28-18-29-27(16-21(28)2)17-23(19-31-29)20-33-14-4-5-15-33/h6-13,16-19,30,32,34H,3-5,14-15,20H2,1-2H3. The van der Waals surface area contributed by atoms with Crippen molar-refractivity contribution in [3.8, 4) is 11.1 Å². The number of aromatic nitrogens is 1. The molecule has 1 aromatic heterocycles. The molecule has 1 fully saturated rings. The molecular weight excluding hydrogens is 418 g/mol. The number of benzene rings is 3. The summed E-state index contributed by atoms with van der Waals surface area (Å²) in [6.45, 7) is 7.58. The Labute approximate surface area is 202 Å². The third kappa shape index (κ3) is 4.98. The Kier molecular flexibility index (Phi) is 6.61. The molecule has 174 valence electrons. The normalized spacial score (nSPS) is 15.0. The highest BCUT2D eigenvalue weighted by Crippen LogP contribution is 2.28. The monoisotopic (exact) mass is 451 g/mol. The van der Waals surface area contributed by atoms with Crippen molar-refractivity contribution in [3.63, 3.8) is 0 Å². The van der Waals surface area contributed by atoms with Gasteiger partial charge in [0.25, 0.3) is 0 Å². The van der Waals surface area contributed by atoms with Crippen molar-refractivity contribution >= 4 is 16.6 Å². The van der Waals surface area contributed by atoms with Crippen LogP contribution in [-0.2, 0) is 13.0 Å². The first-order chi connectivity index (χ1) is 16.6. The van der Waals surface area contributed by atoms with E-state index in [2.05, 4.69) is 72.6 Å². The van der Waals surface area contributed by atoms with Crippen LogP contribution >= 0.6 is 0 Å². The molecule has 4 aromatic rings. The van der Waals surface area contributed by atoms with Crippen LogP contribution in [0.2, 0.25) is 0 Å². The lowest BCUT2D eigenvalue weighted by molar-refractivity contribution is 0.208. The van der Waals surface area contributed by atoms with Gasteiger partial charge in [0.05, 0.1) is 5.52 Å². The van der Waals surface area contributed by atoms with Crippen LogP contribution in [0.25, 0.3) is 22.0 Å². The van der Waals surface area contributed by atoms with Gasteiger partial charge in [-0.1, -0.05) is 55.5 Å². The molecule has 0 spiro atoms. The predicted molar refractivity (Wildman–Crippen MR) is 141 cm³/mol. The Morgan fingerprint density at radius 2 is 1.59 bits per heavy atom. The second-order valence-electron chi connectivity index (χ2n) is 9.41. The SMILES string of the molecule is CCc1ccc(-c2ccc(C(O)Nc3cc4ncc(CN5CCCC5)cc4cc3C)cc2)cc1. The van der Waals surface area contributed by atoms with Crippen molar-refractivity contribution in [2.24, 2.45) is 0 Å². The number of aliphatic hydroxyl groups is 1. The van der Waals surface area contributed by atoms with Crippen LogP contribution in [0.1, 0.15) is 48.2 Å². The maximum absolute atomic E-state index is 10.9. The second kappa shape index (κ2) is 9.96. The van der Waals surface area contributed by atoms with Gasteiger partial charge in [-0.3, -0.25) is 9.88 Å². The number of nitrogens with zero attached hydrogens (tertiary/aromatic N) is 2. The molecule has 1 unspecified atom stereocenters. The van der Waals surface area contributed by atoms with Crippen molar-refractivity contribution in [1.29, 1.82) is 0 Å². The lowest BCUT2D eigenvalue weighted by Gasteiger charge is -2.18. The number of rotatable bonds is 7. The van der Waals surface area contributed by atoms with Crippen molar-refractivity contribution < 1.29 is 5.11 Å². The molecule has 34 heavy (non-hydrogen) atoms. The molecule has 0 aliphatic carbocycles. The Balaban J connectivity index is 1.30. The van der Waals surface area contributed by atoms with Crippen molar-refractivity contribution in [3.05, 3.63) is 95.2 Å². The zero-order valence-electron chi connectivity index (χ0n) is 20.1. The quantitative estimate of drug-likeness (QED) is 0.316. The van der Waals surface area contributed by atoms with Crippen LogP contribution in [0.5, 0.6) is 0 Å². The highest BCUT2D eigenvalue weighted by Gasteiger charge is 2.14. The van der Waals surface area contributed by atoms with E-state index in [1.807, 2.05) is 24.4 Å². The van der Waals surface area contributed by atoms with Gasteiger partial charge < -0.3 is 10.4 Å². The summed E-state index contributed by atoms with van der Waals surface area (Å²) in [6.07, 6.45) is 4.84. The van der Waals surface area contributed by atoms with E-state index in [9.17, 15) is 5.11 Å². The molecule has 3 aromatic carbocycles. The van der Waals surface area contributed by atoms with Crippen LogP contribution in [0.4, 0.5) is 5.69 Å². The highest BCUT2D eigenvalue weighted by molar-refractivity contribution is 5.84. The molecule has 2 heterocycles. The molecule has 0 bridgehead atoms. The number of pyridine rings is 1. The van der Waals surface area contributed by atoms with Crippen LogP contribution in [0.3, 0.4) is 0 Å². The number of hydrogen-bond donors (Lipinski definition) is 2. The van der Waals surface area contributed by atoms with Crippen molar-refractivity contribution in [2.45, 2.75) is 45.9 Å². The van der Waals surface area contributed by atoms with Crippen molar-refractivity contribution in [2.75, 3.05) is 18.4 Å². The van der Waals surface area contributed by atoms with Gasteiger partial charge in [0, 0.05) is 29.4 Å². The first kappa shape index (κ1) is 22.6. The summed E-state index contributed by atoms with van der Waals surface area (Å²) in [4.78, 5) is 7.21. The lowest BCUT2D eigenvalue weighted by atomic mass is 10.0. The zero-order valence-corrected chi connectivity index (χ0v) is 20.1. The number of anilines is 1. The largest absolute Gasteiger partial charge is 0.369 e. The van der Waals surface area contributed by atoms with Crippen LogP contribution in [-0.4, -0.2) is 28.1 Å². The summed E-state index contributed by atoms with van der Waals surface area (Å²) in [7, 11) is 0. The van der Waals surface area contributed by atoms with Gasteiger partial charge in [-0.25, -0.2) is 0 Å². The minimum atomic E-state index is -0.790. The topological polar surface area (TPSA) is 48.4 Å². The third-order valence-corrected chi connectivity index (χ3v) is 6.90. The molecule has 4 nitrogen and oxygen atoms in total. The molecule has 1 aliphatic rings. The maximum atomic E-state index is 10.9. The fraction of sp³-hybridized carbons (Fsp3) is 0.300. The van der Waals surface area contributed by atoms with E-state index in [1.54, 1.807) is 0 Å². The zero-order chi connectivity index (χ0) is 23.5. The summed E-state index contributed by atoms with van der Waals surface area (Å²) in [6, 6.07) is 23.2. The van der Waals surface area contributed by atoms with E-state index >= 15 is 0 Å². The molecule has 2 N–H and O–H groups in total. The molecule has 4 heteroatoms. The van der Waals surface area contributed by atoms with Gasteiger partial charge in [0.2, 0.25) is 0 Å². The van der Waals surface area contributed by atoms with Gasteiger partial charge in [-0.05, 0) is 85.3 Å². The smallest absolute Gasteiger partial charge is 0.150 e. The van der Waals surface area contributed by atoms with Gasteiger partial charge in [-0.15, -0.1) is 0 Å². The van der Waals surface area contributed by atoms with Gasteiger partial charge in [-0.2, -0.15) is 0 Å². The van der Waals surface area contributed by atoms with Crippen LogP contribution < -0.4 is 5.32 Å². The van der Waals surface area contributed by atoms with E-state index in [4.69, 9.17) is 4.98 Å². The number of likely N-dealkylation sites (tertiary alicyclic amines) is 1. The fourth-order valence-corrected chi connectivity index (χ4v) is 4.80. The summed E-state index contributed by atoms with van der Waals surface area (Å²) in [5.74, 6) is 0.